The standard InChI is InChI=1S/C13H18BrNO2/c1-4-15-8-10(2)9-17-13-6-5-11(16-3)7-12(13)14/h5-7,15H,2,4,8-9H2,1,3H3. The lowest BCUT2D eigenvalue weighted by molar-refractivity contribution is 0.345. The Morgan fingerprint density at radius 1 is 1.47 bits per heavy atom. The zero-order valence-electron chi connectivity index (χ0n) is 10.3. The summed E-state index contributed by atoms with van der Waals surface area (Å²) in [7, 11) is 1.64. The van der Waals surface area contributed by atoms with E-state index in [2.05, 4.69) is 34.7 Å². The van der Waals surface area contributed by atoms with Gasteiger partial charge in [0.1, 0.15) is 18.1 Å². The smallest absolute Gasteiger partial charge is 0.134 e. The molecule has 1 aromatic rings. The van der Waals surface area contributed by atoms with Gasteiger partial charge in [-0.2, -0.15) is 0 Å². The van der Waals surface area contributed by atoms with Crippen LogP contribution in [0.2, 0.25) is 0 Å². The van der Waals surface area contributed by atoms with E-state index in [-0.39, 0.29) is 0 Å². The molecule has 0 fully saturated rings. The summed E-state index contributed by atoms with van der Waals surface area (Å²) in [4.78, 5) is 0. The number of ether oxygens (including phenoxy) is 2. The van der Waals surface area contributed by atoms with Crippen LogP contribution in [0.5, 0.6) is 11.5 Å². The Labute approximate surface area is 111 Å². The normalized spacial score (nSPS) is 10.1. The number of nitrogens with one attached hydrogen (secondary N) is 1. The summed E-state index contributed by atoms with van der Waals surface area (Å²) in [6.07, 6.45) is 0. The first kappa shape index (κ1) is 14.1. The second-order valence-electron chi connectivity index (χ2n) is 3.62. The molecular weight excluding hydrogens is 282 g/mol. The number of hydrogen-bond donors (Lipinski definition) is 1. The van der Waals surface area contributed by atoms with E-state index in [1.54, 1.807) is 7.11 Å². The summed E-state index contributed by atoms with van der Waals surface area (Å²) in [5, 5.41) is 3.21. The van der Waals surface area contributed by atoms with E-state index in [0.717, 1.165) is 34.6 Å². The molecule has 0 saturated heterocycles. The summed E-state index contributed by atoms with van der Waals surface area (Å²) < 4.78 is 11.7. The maximum atomic E-state index is 5.65. The predicted octanol–water partition coefficient (Wildman–Crippen LogP) is 3.00. The largest absolute Gasteiger partial charge is 0.497 e. The Bertz CT molecular complexity index is 380. The van der Waals surface area contributed by atoms with Crippen LogP contribution in [-0.4, -0.2) is 26.8 Å². The molecule has 3 nitrogen and oxygen atoms in total. The van der Waals surface area contributed by atoms with Crippen LogP contribution in [0.4, 0.5) is 0 Å². The maximum absolute atomic E-state index is 5.65. The molecule has 0 saturated carbocycles. The molecule has 4 heteroatoms. The second kappa shape index (κ2) is 7.35. The van der Waals surface area contributed by atoms with Gasteiger partial charge in [0.05, 0.1) is 11.6 Å². The van der Waals surface area contributed by atoms with E-state index >= 15 is 0 Å². The molecule has 17 heavy (non-hydrogen) atoms. The first-order chi connectivity index (χ1) is 8.17. The lowest BCUT2D eigenvalue weighted by Gasteiger charge is -2.11. The first-order valence-corrected chi connectivity index (χ1v) is 6.30. The van der Waals surface area contributed by atoms with Crippen LogP contribution in [0.15, 0.2) is 34.8 Å². The number of likely N-dealkylation sites (N-methyl/N-ethyl adjacent to an activating group) is 1. The molecule has 1 N–H and O–H groups in total. The average molecular weight is 300 g/mol. The highest BCUT2D eigenvalue weighted by molar-refractivity contribution is 9.10. The van der Waals surface area contributed by atoms with Gasteiger partial charge in [0.2, 0.25) is 0 Å². The van der Waals surface area contributed by atoms with E-state index in [0.29, 0.717) is 6.61 Å². The lowest BCUT2D eigenvalue weighted by Crippen LogP contribution is -2.18. The minimum absolute atomic E-state index is 0.512. The Hall–Kier alpha value is -1.00. The fourth-order valence-electron chi connectivity index (χ4n) is 1.26. The topological polar surface area (TPSA) is 30.5 Å². The molecule has 0 radical (unpaired) electrons. The highest BCUT2D eigenvalue weighted by atomic mass is 79.9. The number of hydrogen-bond acceptors (Lipinski definition) is 3. The van der Waals surface area contributed by atoms with Crippen molar-refractivity contribution in [2.45, 2.75) is 6.92 Å². The van der Waals surface area contributed by atoms with Crippen molar-refractivity contribution in [2.75, 3.05) is 26.8 Å². The summed E-state index contributed by atoms with van der Waals surface area (Å²) in [5.74, 6) is 1.60. The maximum Gasteiger partial charge on any atom is 0.134 e. The van der Waals surface area contributed by atoms with Gasteiger partial charge < -0.3 is 14.8 Å². The quantitative estimate of drug-likeness (QED) is 0.785. The van der Waals surface area contributed by atoms with Gasteiger partial charge in [-0.1, -0.05) is 13.5 Å². The molecule has 0 atom stereocenters. The highest BCUT2D eigenvalue weighted by Gasteiger charge is 2.03. The zero-order chi connectivity index (χ0) is 12.7. The SMILES string of the molecule is C=C(CNCC)COc1ccc(OC)cc1Br. The summed E-state index contributed by atoms with van der Waals surface area (Å²) >= 11 is 3.44. The number of benzene rings is 1. The van der Waals surface area contributed by atoms with Gasteiger partial charge >= 0.3 is 0 Å². The van der Waals surface area contributed by atoms with Crippen molar-refractivity contribution in [1.82, 2.24) is 5.32 Å². The van der Waals surface area contributed by atoms with Crippen molar-refractivity contribution >= 4 is 15.9 Å². The van der Waals surface area contributed by atoms with Crippen molar-refractivity contribution < 1.29 is 9.47 Å². The molecule has 0 spiro atoms. The second-order valence-corrected chi connectivity index (χ2v) is 4.47. The molecular formula is C13H18BrNO2. The van der Waals surface area contributed by atoms with Crippen molar-refractivity contribution in [3.8, 4) is 11.5 Å². The Kier molecular flexibility index (Phi) is 6.08. The lowest BCUT2D eigenvalue weighted by atomic mass is 10.3. The Balaban J connectivity index is 2.49. The molecule has 1 rings (SSSR count). The van der Waals surface area contributed by atoms with Crippen molar-refractivity contribution in [2.24, 2.45) is 0 Å². The fraction of sp³-hybridized carbons (Fsp3) is 0.385. The molecule has 0 heterocycles. The van der Waals surface area contributed by atoms with Gasteiger partial charge in [-0.15, -0.1) is 0 Å². The summed E-state index contributed by atoms with van der Waals surface area (Å²) in [6, 6.07) is 5.62. The molecule has 0 amide bonds. The molecule has 0 aliphatic rings. The highest BCUT2D eigenvalue weighted by Crippen LogP contribution is 2.29. The fourth-order valence-corrected chi connectivity index (χ4v) is 1.73. The number of rotatable bonds is 7. The molecule has 0 aromatic heterocycles. The summed E-state index contributed by atoms with van der Waals surface area (Å²) in [5.41, 5.74) is 1.02. The molecule has 1 aromatic carbocycles. The van der Waals surface area contributed by atoms with E-state index in [1.165, 1.54) is 0 Å². The van der Waals surface area contributed by atoms with Crippen LogP contribution in [0.3, 0.4) is 0 Å². The molecule has 0 aliphatic carbocycles. The van der Waals surface area contributed by atoms with E-state index in [9.17, 15) is 0 Å². The van der Waals surface area contributed by atoms with Gasteiger partial charge in [-0.3, -0.25) is 0 Å². The van der Waals surface area contributed by atoms with Gasteiger partial charge in [0.25, 0.3) is 0 Å². The van der Waals surface area contributed by atoms with Crippen LogP contribution in [0.25, 0.3) is 0 Å². The Morgan fingerprint density at radius 3 is 2.82 bits per heavy atom. The number of halogens is 1. The molecule has 94 valence electrons. The third-order valence-corrected chi connectivity index (χ3v) is 2.82. The van der Waals surface area contributed by atoms with Crippen LogP contribution in [0, 0.1) is 0 Å². The number of methoxy groups -OCH3 is 1. The Morgan fingerprint density at radius 2 is 2.24 bits per heavy atom. The van der Waals surface area contributed by atoms with Crippen molar-refractivity contribution in [3.63, 3.8) is 0 Å². The minimum Gasteiger partial charge on any atom is -0.497 e. The molecule has 0 bridgehead atoms. The van der Waals surface area contributed by atoms with Gasteiger partial charge in [-0.25, -0.2) is 0 Å². The van der Waals surface area contributed by atoms with Crippen LogP contribution in [0.1, 0.15) is 6.92 Å². The molecule has 0 aliphatic heterocycles. The van der Waals surface area contributed by atoms with Crippen LogP contribution >= 0.6 is 15.9 Å². The van der Waals surface area contributed by atoms with E-state index in [1.807, 2.05) is 18.2 Å². The zero-order valence-corrected chi connectivity index (χ0v) is 11.8. The van der Waals surface area contributed by atoms with Crippen molar-refractivity contribution in [1.29, 1.82) is 0 Å². The van der Waals surface area contributed by atoms with E-state index < -0.39 is 0 Å². The predicted molar refractivity (Wildman–Crippen MR) is 73.9 cm³/mol. The van der Waals surface area contributed by atoms with Gasteiger partial charge in [0.15, 0.2) is 0 Å². The van der Waals surface area contributed by atoms with Crippen molar-refractivity contribution in [3.05, 3.63) is 34.8 Å². The van der Waals surface area contributed by atoms with Crippen LogP contribution < -0.4 is 14.8 Å². The van der Waals surface area contributed by atoms with Gasteiger partial charge in [-0.05, 0) is 46.2 Å². The average Bonchev–Trinajstić information content (AvgIpc) is 2.34. The first-order valence-electron chi connectivity index (χ1n) is 5.51. The summed E-state index contributed by atoms with van der Waals surface area (Å²) in [6.45, 7) is 8.24. The van der Waals surface area contributed by atoms with Gasteiger partial charge in [0, 0.05) is 6.54 Å². The molecule has 0 unspecified atom stereocenters. The third kappa shape index (κ3) is 4.79. The third-order valence-electron chi connectivity index (χ3n) is 2.20. The minimum atomic E-state index is 0.512. The van der Waals surface area contributed by atoms with Crippen LogP contribution in [-0.2, 0) is 0 Å². The van der Waals surface area contributed by atoms with E-state index in [4.69, 9.17) is 9.47 Å². The monoisotopic (exact) mass is 299 g/mol.